The highest BCUT2D eigenvalue weighted by Gasteiger charge is 2.33. The number of esters is 1. The Morgan fingerprint density at radius 1 is 1.17 bits per heavy atom. The lowest BCUT2D eigenvalue weighted by Crippen LogP contribution is -2.30. The van der Waals surface area contributed by atoms with Crippen LogP contribution in [0.2, 0.25) is 0 Å². The van der Waals surface area contributed by atoms with E-state index in [0.29, 0.717) is 24.2 Å². The predicted molar refractivity (Wildman–Crippen MR) is 90.7 cm³/mol. The smallest absolute Gasteiger partial charge is 0.326 e. The van der Waals surface area contributed by atoms with E-state index in [0.717, 1.165) is 31.2 Å². The van der Waals surface area contributed by atoms with Gasteiger partial charge in [0.2, 0.25) is 0 Å². The van der Waals surface area contributed by atoms with Crippen molar-refractivity contribution in [2.75, 3.05) is 0 Å². The lowest BCUT2D eigenvalue weighted by Gasteiger charge is -2.22. The van der Waals surface area contributed by atoms with E-state index in [2.05, 4.69) is 13.5 Å². The van der Waals surface area contributed by atoms with E-state index in [1.807, 2.05) is 30.3 Å². The molecule has 0 N–H and O–H groups in total. The van der Waals surface area contributed by atoms with Gasteiger partial charge in [-0.05, 0) is 30.1 Å². The van der Waals surface area contributed by atoms with Crippen LogP contribution >= 0.6 is 0 Å². The number of benzene rings is 1. The van der Waals surface area contributed by atoms with Crippen LogP contribution in [0.15, 0.2) is 54.3 Å². The van der Waals surface area contributed by atoms with Gasteiger partial charge in [-0.3, -0.25) is 9.59 Å². The molecule has 0 amide bonds. The second kappa shape index (κ2) is 8.47. The molecule has 0 bridgehead atoms. The van der Waals surface area contributed by atoms with Crippen molar-refractivity contribution in [1.29, 1.82) is 0 Å². The van der Waals surface area contributed by atoms with Crippen LogP contribution in [0.4, 0.5) is 0 Å². The van der Waals surface area contributed by atoms with E-state index in [-0.39, 0.29) is 5.78 Å². The van der Waals surface area contributed by atoms with Gasteiger partial charge in [0.05, 0.1) is 0 Å². The van der Waals surface area contributed by atoms with Crippen LogP contribution in [0.1, 0.15) is 44.6 Å². The van der Waals surface area contributed by atoms with E-state index < -0.39 is 11.9 Å². The Kier molecular flexibility index (Phi) is 6.33. The molecule has 23 heavy (non-hydrogen) atoms. The molecule has 0 aromatic heterocycles. The van der Waals surface area contributed by atoms with E-state index in [4.69, 9.17) is 4.74 Å². The van der Waals surface area contributed by atoms with Crippen molar-refractivity contribution in [2.24, 2.45) is 5.92 Å². The van der Waals surface area contributed by atoms with Gasteiger partial charge in [0, 0.05) is 12.8 Å². The number of cyclic esters (lactones) is 1. The summed E-state index contributed by atoms with van der Waals surface area (Å²) in [5.74, 6) is -0.788. The third-order valence-corrected chi connectivity index (χ3v) is 4.04. The van der Waals surface area contributed by atoms with Gasteiger partial charge in [-0.2, -0.15) is 0 Å². The molecule has 122 valence electrons. The number of unbranched alkanes of at least 4 members (excludes halogenated alkanes) is 2. The lowest BCUT2D eigenvalue weighted by atomic mass is 9.89. The summed E-state index contributed by atoms with van der Waals surface area (Å²) in [6.07, 6.45) is 6.64. The molecule has 1 aliphatic heterocycles. The molecule has 3 nitrogen and oxygen atoms in total. The molecule has 2 rings (SSSR count). The van der Waals surface area contributed by atoms with Gasteiger partial charge < -0.3 is 4.74 Å². The van der Waals surface area contributed by atoms with Gasteiger partial charge >= 0.3 is 5.97 Å². The zero-order valence-electron chi connectivity index (χ0n) is 13.7. The molecule has 1 aromatic rings. The summed E-state index contributed by atoms with van der Waals surface area (Å²) in [4.78, 5) is 24.5. The highest BCUT2D eigenvalue weighted by molar-refractivity contribution is 6.03. The number of allylic oxidation sites excluding steroid dienone is 2. The lowest BCUT2D eigenvalue weighted by molar-refractivity contribution is -0.147. The van der Waals surface area contributed by atoms with Crippen LogP contribution in [0, 0.1) is 5.92 Å². The highest BCUT2D eigenvalue weighted by atomic mass is 16.5. The van der Waals surface area contributed by atoms with Gasteiger partial charge in [0.25, 0.3) is 0 Å². The zero-order chi connectivity index (χ0) is 16.7. The van der Waals surface area contributed by atoms with Crippen molar-refractivity contribution in [1.82, 2.24) is 0 Å². The maximum Gasteiger partial charge on any atom is 0.326 e. The minimum atomic E-state index is -0.839. The molecule has 1 aliphatic rings. The third-order valence-electron chi connectivity index (χ3n) is 4.04. The number of hydrogen-bond acceptors (Lipinski definition) is 3. The van der Waals surface area contributed by atoms with Crippen LogP contribution in [0.3, 0.4) is 0 Å². The molecule has 1 aromatic carbocycles. The topological polar surface area (TPSA) is 43.4 Å². The Hall–Kier alpha value is -2.16. The molecule has 0 fully saturated rings. The summed E-state index contributed by atoms with van der Waals surface area (Å²) >= 11 is 0. The molecule has 0 aliphatic carbocycles. The second-order valence-electron chi connectivity index (χ2n) is 5.95. The van der Waals surface area contributed by atoms with Crippen LogP contribution in [0.25, 0.3) is 0 Å². The predicted octanol–water partition coefficient (Wildman–Crippen LogP) is 4.38. The van der Waals surface area contributed by atoms with E-state index in [1.54, 1.807) is 6.08 Å². The summed E-state index contributed by atoms with van der Waals surface area (Å²) in [6.45, 7) is 6.03. The Bertz CT molecular complexity index is 599. The fraction of sp³-hybridized carbons (Fsp3) is 0.400. The van der Waals surface area contributed by atoms with Crippen molar-refractivity contribution in [3.8, 4) is 0 Å². The molecule has 1 atom stereocenters. The Morgan fingerprint density at radius 3 is 2.57 bits per heavy atom. The summed E-state index contributed by atoms with van der Waals surface area (Å²) in [5.41, 5.74) is 1.65. The van der Waals surface area contributed by atoms with Crippen molar-refractivity contribution in [3.63, 3.8) is 0 Å². The summed E-state index contributed by atoms with van der Waals surface area (Å²) < 4.78 is 5.33. The van der Waals surface area contributed by atoms with E-state index >= 15 is 0 Å². The molecular formula is C20H24O3. The molecular weight excluding hydrogens is 288 g/mol. The maximum absolute atomic E-state index is 12.4. The number of carbonyl (C=O) groups excluding carboxylic acids is 2. The van der Waals surface area contributed by atoms with Crippen LogP contribution in [0.5, 0.6) is 0 Å². The van der Waals surface area contributed by atoms with Gasteiger partial charge in [0.15, 0.2) is 5.78 Å². The average molecular weight is 312 g/mol. The van der Waals surface area contributed by atoms with Gasteiger partial charge in [-0.15, -0.1) is 0 Å². The molecule has 3 heteroatoms. The first-order valence-corrected chi connectivity index (χ1v) is 8.29. The second-order valence-corrected chi connectivity index (χ2v) is 5.95. The SMILES string of the molecule is C=C1C=C(CCCCC)OC(=O)C1C(=O)CCc1ccccc1. The zero-order valence-corrected chi connectivity index (χ0v) is 13.7. The fourth-order valence-electron chi connectivity index (χ4n) is 2.73. The summed E-state index contributed by atoms with van der Waals surface area (Å²) in [6, 6.07) is 9.79. The quantitative estimate of drug-likeness (QED) is 0.406. The van der Waals surface area contributed by atoms with Crippen molar-refractivity contribution < 1.29 is 14.3 Å². The molecule has 0 saturated carbocycles. The van der Waals surface area contributed by atoms with Gasteiger partial charge in [-0.1, -0.05) is 56.7 Å². The average Bonchev–Trinajstić information content (AvgIpc) is 2.53. The normalized spacial score (nSPS) is 17.6. The number of aryl methyl sites for hydroxylation is 1. The van der Waals surface area contributed by atoms with Crippen LogP contribution in [-0.2, 0) is 20.7 Å². The third kappa shape index (κ3) is 4.92. The van der Waals surface area contributed by atoms with Crippen LogP contribution in [-0.4, -0.2) is 11.8 Å². The number of Topliss-reactive ketones (excluding diaryl/α,β-unsaturated/α-hetero) is 1. The fourth-order valence-corrected chi connectivity index (χ4v) is 2.73. The number of hydrogen-bond donors (Lipinski definition) is 0. The summed E-state index contributed by atoms with van der Waals surface area (Å²) in [5, 5.41) is 0. The minimum absolute atomic E-state index is 0.118. The Balaban J connectivity index is 1.93. The van der Waals surface area contributed by atoms with E-state index in [1.165, 1.54) is 0 Å². The van der Waals surface area contributed by atoms with Crippen molar-refractivity contribution >= 4 is 11.8 Å². The number of ether oxygens (including phenoxy) is 1. The molecule has 0 saturated heterocycles. The van der Waals surface area contributed by atoms with Gasteiger partial charge in [-0.25, -0.2) is 0 Å². The molecule has 0 spiro atoms. The van der Waals surface area contributed by atoms with E-state index in [9.17, 15) is 9.59 Å². The largest absolute Gasteiger partial charge is 0.430 e. The molecule has 0 radical (unpaired) electrons. The Morgan fingerprint density at radius 2 is 1.91 bits per heavy atom. The first-order valence-electron chi connectivity index (χ1n) is 8.29. The number of ketones is 1. The highest BCUT2D eigenvalue weighted by Crippen LogP contribution is 2.27. The first-order chi connectivity index (χ1) is 11.1. The summed E-state index contributed by atoms with van der Waals surface area (Å²) in [7, 11) is 0. The molecule has 1 heterocycles. The Labute approximate surface area is 138 Å². The molecule has 1 unspecified atom stereocenters. The number of carbonyl (C=O) groups is 2. The first kappa shape index (κ1) is 17.2. The minimum Gasteiger partial charge on any atom is -0.430 e. The van der Waals surface area contributed by atoms with Gasteiger partial charge in [0.1, 0.15) is 11.7 Å². The van der Waals surface area contributed by atoms with Crippen molar-refractivity contribution in [2.45, 2.75) is 45.4 Å². The maximum atomic E-state index is 12.4. The standard InChI is InChI=1S/C20H24O3/c1-3-4-6-11-17-14-15(2)19(20(22)23-17)18(21)13-12-16-9-7-5-8-10-16/h5,7-10,14,19H,2-4,6,11-13H2,1H3. The van der Waals surface area contributed by atoms with Crippen LogP contribution < -0.4 is 0 Å². The van der Waals surface area contributed by atoms with Crippen molar-refractivity contribution in [3.05, 3.63) is 59.9 Å². The monoisotopic (exact) mass is 312 g/mol. The number of rotatable bonds is 8.